The summed E-state index contributed by atoms with van der Waals surface area (Å²) in [5, 5.41) is 10.5. The molecule has 1 aromatic carbocycles. The fourth-order valence-corrected chi connectivity index (χ4v) is 2.39. The number of nitrogens with zero attached hydrogens (tertiary/aromatic N) is 1. The van der Waals surface area contributed by atoms with E-state index in [1.165, 1.54) is 12.5 Å². The molecule has 1 fully saturated rings. The van der Waals surface area contributed by atoms with E-state index >= 15 is 0 Å². The van der Waals surface area contributed by atoms with Crippen molar-refractivity contribution in [2.75, 3.05) is 0 Å². The number of benzene rings is 1. The van der Waals surface area contributed by atoms with Gasteiger partial charge in [-0.1, -0.05) is 13.3 Å². The van der Waals surface area contributed by atoms with Crippen molar-refractivity contribution < 1.29 is 14.1 Å². The zero-order valence-corrected chi connectivity index (χ0v) is 10.3. The molecule has 0 heterocycles. The molecule has 0 aromatic heterocycles. The van der Waals surface area contributed by atoms with Crippen LogP contribution in [0.25, 0.3) is 0 Å². The lowest BCUT2D eigenvalue weighted by molar-refractivity contribution is -0.387. The molecule has 2 atom stereocenters. The van der Waals surface area contributed by atoms with Gasteiger partial charge in [-0.05, 0) is 31.2 Å². The van der Waals surface area contributed by atoms with E-state index in [9.17, 15) is 14.5 Å². The lowest BCUT2D eigenvalue weighted by atomic mass is 9.89. The van der Waals surface area contributed by atoms with Gasteiger partial charge < -0.3 is 4.74 Å². The standard InChI is InChI=1S/C13H16FNO3/c1-9-3-2-4-10(7-9)18-11-5-6-13(15(16)17)12(14)8-11/h5-6,8-10H,2-4,7H2,1H3. The van der Waals surface area contributed by atoms with E-state index in [-0.39, 0.29) is 6.10 Å². The summed E-state index contributed by atoms with van der Waals surface area (Å²) in [5.74, 6) is 0.144. The normalized spacial score (nSPS) is 23.7. The third-order valence-electron chi connectivity index (χ3n) is 3.31. The van der Waals surface area contributed by atoms with Gasteiger partial charge >= 0.3 is 5.69 Å². The fourth-order valence-electron chi connectivity index (χ4n) is 2.39. The topological polar surface area (TPSA) is 52.4 Å². The van der Waals surface area contributed by atoms with E-state index < -0.39 is 16.4 Å². The van der Waals surface area contributed by atoms with E-state index in [1.807, 2.05) is 0 Å². The van der Waals surface area contributed by atoms with Crippen LogP contribution >= 0.6 is 0 Å². The highest BCUT2D eigenvalue weighted by Crippen LogP contribution is 2.29. The molecule has 0 amide bonds. The van der Waals surface area contributed by atoms with E-state index in [1.54, 1.807) is 0 Å². The molecular formula is C13H16FNO3. The van der Waals surface area contributed by atoms with Crippen LogP contribution < -0.4 is 4.74 Å². The van der Waals surface area contributed by atoms with Crippen molar-refractivity contribution in [3.63, 3.8) is 0 Å². The maximum absolute atomic E-state index is 13.4. The Labute approximate surface area is 105 Å². The van der Waals surface area contributed by atoms with Crippen LogP contribution in [-0.4, -0.2) is 11.0 Å². The minimum absolute atomic E-state index is 0.0922. The highest BCUT2D eigenvalue weighted by atomic mass is 19.1. The van der Waals surface area contributed by atoms with Gasteiger partial charge in [-0.25, -0.2) is 0 Å². The van der Waals surface area contributed by atoms with Crippen LogP contribution in [0.3, 0.4) is 0 Å². The first-order valence-corrected chi connectivity index (χ1v) is 6.17. The Bertz CT molecular complexity index is 450. The van der Waals surface area contributed by atoms with E-state index in [4.69, 9.17) is 4.74 Å². The Morgan fingerprint density at radius 1 is 1.44 bits per heavy atom. The van der Waals surface area contributed by atoms with Crippen molar-refractivity contribution in [3.8, 4) is 5.75 Å². The SMILES string of the molecule is CC1CCCC(Oc2ccc([N+](=O)[O-])c(F)c2)C1. The monoisotopic (exact) mass is 253 g/mol. The molecular weight excluding hydrogens is 237 g/mol. The first-order valence-electron chi connectivity index (χ1n) is 6.17. The van der Waals surface area contributed by atoms with Gasteiger partial charge in [-0.15, -0.1) is 0 Å². The Morgan fingerprint density at radius 2 is 2.22 bits per heavy atom. The van der Waals surface area contributed by atoms with Gasteiger partial charge in [-0.2, -0.15) is 4.39 Å². The second-order valence-electron chi connectivity index (χ2n) is 4.88. The number of halogens is 1. The van der Waals surface area contributed by atoms with Gasteiger partial charge in [0.25, 0.3) is 0 Å². The summed E-state index contributed by atoms with van der Waals surface area (Å²) in [6.07, 6.45) is 4.33. The Morgan fingerprint density at radius 3 is 2.83 bits per heavy atom. The summed E-state index contributed by atoms with van der Waals surface area (Å²) in [7, 11) is 0. The second kappa shape index (κ2) is 5.33. The van der Waals surface area contributed by atoms with Gasteiger partial charge in [-0.3, -0.25) is 10.1 Å². The third-order valence-corrected chi connectivity index (χ3v) is 3.31. The number of nitro groups is 1. The van der Waals surface area contributed by atoms with Crippen molar-refractivity contribution in [2.24, 2.45) is 5.92 Å². The largest absolute Gasteiger partial charge is 0.490 e. The number of nitro benzene ring substituents is 1. The lowest BCUT2D eigenvalue weighted by Crippen LogP contribution is -2.24. The number of hydrogen-bond acceptors (Lipinski definition) is 3. The smallest absolute Gasteiger partial charge is 0.305 e. The number of hydrogen-bond donors (Lipinski definition) is 0. The maximum Gasteiger partial charge on any atom is 0.305 e. The summed E-state index contributed by atoms with van der Waals surface area (Å²) in [6.45, 7) is 2.17. The molecule has 1 aromatic rings. The van der Waals surface area contributed by atoms with Crippen LogP contribution in [-0.2, 0) is 0 Å². The van der Waals surface area contributed by atoms with Crippen molar-refractivity contribution in [1.82, 2.24) is 0 Å². The molecule has 4 nitrogen and oxygen atoms in total. The quantitative estimate of drug-likeness (QED) is 0.609. The fraction of sp³-hybridized carbons (Fsp3) is 0.538. The zero-order valence-electron chi connectivity index (χ0n) is 10.3. The molecule has 2 unspecified atom stereocenters. The zero-order chi connectivity index (χ0) is 13.1. The molecule has 0 radical (unpaired) electrons. The van der Waals surface area contributed by atoms with Crippen LogP contribution in [0.1, 0.15) is 32.6 Å². The lowest BCUT2D eigenvalue weighted by Gasteiger charge is -2.27. The van der Waals surface area contributed by atoms with Gasteiger partial charge in [0.1, 0.15) is 5.75 Å². The molecule has 18 heavy (non-hydrogen) atoms. The van der Waals surface area contributed by atoms with Crippen molar-refractivity contribution in [1.29, 1.82) is 0 Å². The summed E-state index contributed by atoms with van der Waals surface area (Å²) in [4.78, 5) is 9.76. The molecule has 2 rings (SSSR count). The number of ether oxygens (including phenoxy) is 1. The average Bonchev–Trinajstić information content (AvgIpc) is 2.28. The third kappa shape index (κ3) is 2.97. The van der Waals surface area contributed by atoms with Crippen LogP contribution in [0.2, 0.25) is 0 Å². The first kappa shape index (κ1) is 12.8. The van der Waals surface area contributed by atoms with Crippen LogP contribution in [0.5, 0.6) is 5.75 Å². The molecule has 0 N–H and O–H groups in total. The van der Waals surface area contributed by atoms with Crippen LogP contribution in [0.4, 0.5) is 10.1 Å². The highest BCUT2D eigenvalue weighted by Gasteiger charge is 2.21. The molecule has 0 bridgehead atoms. The predicted octanol–water partition coefficient (Wildman–Crippen LogP) is 3.69. The number of rotatable bonds is 3. The maximum atomic E-state index is 13.4. The van der Waals surface area contributed by atoms with Crippen molar-refractivity contribution in [2.45, 2.75) is 38.7 Å². The van der Waals surface area contributed by atoms with Crippen LogP contribution in [0.15, 0.2) is 18.2 Å². The minimum Gasteiger partial charge on any atom is -0.490 e. The Balaban J connectivity index is 2.05. The van der Waals surface area contributed by atoms with Gasteiger partial charge in [0.2, 0.25) is 5.82 Å². The Kier molecular flexibility index (Phi) is 3.79. The molecule has 1 aliphatic rings. The summed E-state index contributed by atoms with van der Waals surface area (Å²) in [5.41, 5.74) is -0.514. The second-order valence-corrected chi connectivity index (χ2v) is 4.88. The van der Waals surface area contributed by atoms with Gasteiger partial charge in [0, 0.05) is 12.1 Å². The summed E-state index contributed by atoms with van der Waals surface area (Å²) in [6, 6.07) is 3.70. The van der Waals surface area contributed by atoms with Gasteiger partial charge in [0.05, 0.1) is 11.0 Å². The van der Waals surface area contributed by atoms with Gasteiger partial charge in [0.15, 0.2) is 0 Å². The molecule has 0 aliphatic heterocycles. The van der Waals surface area contributed by atoms with E-state index in [2.05, 4.69) is 6.92 Å². The van der Waals surface area contributed by atoms with Crippen LogP contribution in [0, 0.1) is 21.8 Å². The first-order chi connectivity index (χ1) is 8.56. The van der Waals surface area contributed by atoms with Crippen molar-refractivity contribution >= 4 is 5.69 Å². The minimum atomic E-state index is -0.846. The molecule has 1 saturated carbocycles. The molecule has 98 valence electrons. The average molecular weight is 253 g/mol. The Hall–Kier alpha value is -1.65. The predicted molar refractivity (Wildman–Crippen MR) is 65.1 cm³/mol. The highest BCUT2D eigenvalue weighted by molar-refractivity contribution is 5.38. The molecule has 0 saturated heterocycles. The molecule has 5 heteroatoms. The summed E-state index contributed by atoms with van der Waals surface area (Å²) < 4.78 is 19.1. The van der Waals surface area contributed by atoms with E-state index in [0.717, 1.165) is 31.4 Å². The molecule has 1 aliphatic carbocycles. The molecule has 0 spiro atoms. The van der Waals surface area contributed by atoms with E-state index in [0.29, 0.717) is 11.7 Å². The summed E-state index contributed by atoms with van der Waals surface area (Å²) >= 11 is 0. The van der Waals surface area contributed by atoms with Crippen molar-refractivity contribution in [3.05, 3.63) is 34.1 Å².